The number of ether oxygens (including phenoxy) is 2. The molecule has 0 fully saturated rings. The zero-order chi connectivity index (χ0) is 22.3. The molecule has 0 aliphatic carbocycles. The molecule has 0 saturated heterocycles. The van der Waals surface area contributed by atoms with Crippen molar-refractivity contribution < 1.29 is 32.8 Å². The maximum Gasteiger partial charge on any atom is 0.387 e. The summed E-state index contributed by atoms with van der Waals surface area (Å²) in [6.07, 6.45) is 0. The third-order valence-electron chi connectivity index (χ3n) is 3.97. The van der Waals surface area contributed by atoms with Gasteiger partial charge in [0.2, 0.25) is 5.91 Å². The Bertz CT molecular complexity index is 938. The van der Waals surface area contributed by atoms with E-state index in [1.54, 1.807) is 0 Å². The van der Waals surface area contributed by atoms with Crippen LogP contribution in [0.1, 0.15) is 22.8 Å². The van der Waals surface area contributed by atoms with E-state index in [0.717, 1.165) is 6.07 Å². The number of nitro benzene ring substituents is 1. The number of benzene rings is 2. The zero-order valence-corrected chi connectivity index (χ0v) is 16.1. The molecule has 9 nitrogen and oxygen atoms in total. The summed E-state index contributed by atoms with van der Waals surface area (Å²) in [6.45, 7) is -1.51. The highest BCUT2D eigenvalue weighted by Crippen LogP contribution is 2.29. The molecule has 0 heterocycles. The number of nitrogens with zero attached hydrogens (tertiary/aromatic N) is 1. The first-order chi connectivity index (χ1) is 14.2. The van der Waals surface area contributed by atoms with Crippen LogP contribution in [-0.2, 0) is 11.3 Å². The van der Waals surface area contributed by atoms with Crippen LogP contribution in [0.4, 0.5) is 14.5 Å². The van der Waals surface area contributed by atoms with Crippen LogP contribution in [0.2, 0.25) is 0 Å². The van der Waals surface area contributed by atoms with Crippen molar-refractivity contribution in [3.8, 4) is 11.5 Å². The number of carbonyl (C=O) groups excluding carboxylic acids is 2. The molecule has 0 bridgehead atoms. The van der Waals surface area contributed by atoms with Gasteiger partial charge in [-0.05, 0) is 30.7 Å². The van der Waals surface area contributed by atoms with E-state index in [1.807, 2.05) is 0 Å². The standard InChI is InChI=1S/C19H19F2N3O6/c1-11(23-18(26)13-4-3-5-14(9-13)24(27)28)17(25)22-10-12-6-7-15(30-19(20)21)16(8-12)29-2/h3-9,11,19H,10H2,1-2H3,(H,22,25)(H,23,26). The van der Waals surface area contributed by atoms with Crippen molar-refractivity contribution in [2.45, 2.75) is 26.1 Å². The van der Waals surface area contributed by atoms with E-state index in [-0.39, 0.29) is 29.3 Å². The van der Waals surface area contributed by atoms with E-state index in [0.29, 0.717) is 5.56 Å². The molecule has 0 aliphatic rings. The maximum absolute atomic E-state index is 12.4. The van der Waals surface area contributed by atoms with E-state index in [4.69, 9.17) is 4.74 Å². The molecule has 0 aliphatic heterocycles. The summed E-state index contributed by atoms with van der Waals surface area (Å²) >= 11 is 0. The number of rotatable bonds is 9. The number of amides is 2. The van der Waals surface area contributed by atoms with E-state index in [1.165, 1.54) is 50.4 Å². The van der Waals surface area contributed by atoms with Gasteiger partial charge >= 0.3 is 6.61 Å². The van der Waals surface area contributed by atoms with Crippen LogP contribution in [-0.4, -0.2) is 36.5 Å². The van der Waals surface area contributed by atoms with Crippen molar-refractivity contribution in [2.24, 2.45) is 0 Å². The molecule has 2 amide bonds. The summed E-state index contributed by atoms with van der Waals surface area (Å²) < 4.78 is 34.1. The highest BCUT2D eigenvalue weighted by molar-refractivity contribution is 5.97. The number of methoxy groups -OCH3 is 1. The van der Waals surface area contributed by atoms with Crippen molar-refractivity contribution in [3.05, 3.63) is 63.7 Å². The number of carbonyl (C=O) groups is 2. The quantitative estimate of drug-likeness (QED) is 0.473. The lowest BCUT2D eigenvalue weighted by Crippen LogP contribution is -2.44. The van der Waals surface area contributed by atoms with Crippen LogP contribution in [0.5, 0.6) is 11.5 Å². The average Bonchev–Trinajstić information content (AvgIpc) is 2.72. The summed E-state index contributed by atoms with van der Waals surface area (Å²) in [5.74, 6) is -1.22. The largest absolute Gasteiger partial charge is 0.493 e. The molecular weight excluding hydrogens is 404 g/mol. The van der Waals surface area contributed by atoms with E-state index >= 15 is 0 Å². The second kappa shape index (κ2) is 10.1. The minimum atomic E-state index is -3.00. The number of nitrogens with one attached hydrogen (secondary N) is 2. The topological polar surface area (TPSA) is 120 Å². The number of hydrogen-bond donors (Lipinski definition) is 2. The van der Waals surface area contributed by atoms with Gasteiger partial charge in [-0.25, -0.2) is 0 Å². The van der Waals surface area contributed by atoms with Crippen molar-refractivity contribution in [1.82, 2.24) is 10.6 Å². The van der Waals surface area contributed by atoms with E-state index in [2.05, 4.69) is 15.4 Å². The SMILES string of the molecule is COc1cc(CNC(=O)C(C)NC(=O)c2cccc([N+](=O)[O-])c2)ccc1OC(F)F. The number of alkyl halides is 2. The molecule has 0 spiro atoms. The monoisotopic (exact) mass is 423 g/mol. The normalized spacial score (nSPS) is 11.5. The van der Waals surface area contributed by atoms with Crippen LogP contribution < -0.4 is 20.1 Å². The van der Waals surface area contributed by atoms with Crippen LogP contribution in [0, 0.1) is 10.1 Å². The Morgan fingerprint density at radius 2 is 1.90 bits per heavy atom. The second-order valence-corrected chi connectivity index (χ2v) is 6.08. The van der Waals surface area contributed by atoms with Crippen LogP contribution >= 0.6 is 0 Å². The fourth-order valence-electron chi connectivity index (χ4n) is 2.46. The average molecular weight is 423 g/mol. The Morgan fingerprint density at radius 3 is 2.53 bits per heavy atom. The smallest absolute Gasteiger partial charge is 0.387 e. The Labute approximate surface area is 170 Å². The Hall–Kier alpha value is -3.76. The molecule has 1 unspecified atom stereocenters. The Kier molecular flexibility index (Phi) is 7.62. The fraction of sp³-hybridized carbons (Fsp3) is 0.263. The fourth-order valence-corrected chi connectivity index (χ4v) is 2.46. The molecule has 2 rings (SSSR count). The first-order valence-corrected chi connectivity index (χ1v) is 8.66. The predicted octanol–water partition coefficient (Wildman–Crippen LogP) is 2.64. The second-order valence-electron chi connectivity index (χ2n) is 6.08. The summed E-state index contributed by atoms with van der Waals surface area (Å²) in [4.78, 5) is 34.6. The molecule has 0 saturated carbocycles. The lowest BCUT2D eigenvalue weighted by molar-refractivity contribution is -0.384. The molecule has 1 atom stereocenters. The van der Waals surface area contributed by atoms with Crippen LogP contribution in [0.3, 0.4) is 0 Å². The predicted molar refractivity (Wildman–Crippen MR) is 101 cm³/mol. The number of nitro groups is 1. The van der Waals surface area contributed by atoms with Gasteiger partial charge in [0.05, 0.1) is 12.0 Å². The van der Waals surface area contributed by atoms with Gasteiger partial charge in [0.15, 0.2) is 11.5 Å². The number of hydrogen-bond acceptors (Lipinski definition) is 6. The molecule has 2 aromatic rings. The highest BCUT2D eigenvalue weighted by Gasteiger charge is 2.18. The Morgan fingerprint density at radius 1 is 1.17 bits per heavy atom. The van der Waals surface area contributed by atoms with Gasteiger partial charge in [-0.3, -0.25) is 19.7 Å². The van der Waals surface area contributed by atoms with Gasteiger partial charge in [-0.15, -0.1) is 0 Å². The first kappa shape index (κ1) is 22.5. The van der Waals surface area contributed by atoms with Crippen LogP contribution in [0.25, 0.3) is 0 Å². The molecule has 0 radical (unpaired) electrons. The number of non-ortho nitro benzene ring substituents is 1. The molecule has 2 aromatic carbocycles. The molecule has 2 N–H and O–H groups in total. The highest BCUT2D eigenvalue weighted by atomic mass is 19.3. The molecule has 0 aromatic heterocycles. The molecule has 30 heavy (non-hydrogen) atoms. The first-order valence-electron chi connectivity index (χ1n) is 8.66. The van der Waals surface area contributed by atoms with Crippen LogP contribution in [0.15, 0.2) is 42.5 Å². The van der Waals surface area contributed by atoms with E-state index < -0.39 is 29.4 Å². The lowest BCUT2D eigenvalue weighted by Gasteiger charge is -2.15. The minimum absolute atomic E-state index is 0.0428. The molecule has 160 valence electrons. The van der Waals surface area contributed by atoms with Gasteiger partial charge in [0, 0.05) is 24.2 Å². The third kappa shape index (κ3) is 6.12. The molecule has 11 heteroatoms. The van der Waals surface area contributed by atoms with Crippen molar-refractivity contribution in [3.63, 3.8) is 0 Å². The third-order valence-corrected chi connectivity index (χ3v) is 3.97. The minimum Gasteiger partial charge on any atom is -0.493 e. The summed E-state index contributed by atoms with van der Waals surface area (Å²) in [6, 6.07) is 8.39. The van der Waals surface area contributed by atoms with Gasteiger partial charge in [0.25, 0.3) is 11.6 Å². The van der Waals surface area contributed by atoms with Gasteiger partial charge in [-0.1, -0.05) is 12.1 Å². The summed E-state index contributed by atoms with van der Waals surface area (Å²) in [5, 5.41) is 15.8. The van der Waals surface area contributed by atoms with Gasteiger partial charge < -0.3 is 20.1 Å². The van der Waals surface area contributed by atoms with Crippen molar-refractivity contribution in [2.75, 3.05) is 7.11 Å². The van der Waals surface area contributed by atoms with Gasteiger partial charge in [-0.2, -0.15) is 8.78 Å². The maximum atomic E-state index is 12.4. The molecular formula is C19H19F2N3O6. The summed E-state index contributed by atoms with van der Waals surface area (Å²) in [5.41, 5.74) is 0.357. The van der Waals surface area contributed by atoms with E-state index in [9.17, 15) is 28.5 Å². The zero-order valence-electron chi connectivity index (χ0n) is 16.1. The van der Waals surface area contributed by atoms with Gasteiger partial charge in [0.1, 0.15) is 6.04 Å². The Balaban J connectivity index is 1.95. The van der Waals surface area contributed by atoms with Crippen molar-refractivity contribution >= 4 is 17.5 Å². The summed E-state index contributed by atoms with van der Waals surface area (Å²) in [7, 11) is 1.29. The number of halogens is 2. The lowest BCUT2D eigenvalue weighted by atomic mass is 10.1. The van der Waals surface area contributed by atoms with Crippen molar-refractivity contribution in [1.29, 1.82) is 0 Å².